The summed E-state index contributed by atoms with van der Waals surface area (Å²) in [6.07, 6.45) is 6.00. The molecule has 1 aromatic rings. The standard InChI is InChI=1S/C17H21NO2/c19-17-18-11-5-4-6-12-9-10-14(15(12)18)16(20-17)13-7-2-1-3-8-13/h1-3,7-8,12,14-16H,4-6,9-11H2. The predicted octanol–water partition coefficient (Wildman–Crippen LogP) is 3.76. The fourth-order valence-corrected chi connectivity index (χ4v) is 4.50. The number of rotatable bonds is 1. The van der Waals surface area contributed by atoms with Crippen molar-refractivity contribution >= 4 is 6.09 Å². The molecular formula is C17H21NO2. The molecule has 0 aromatic heterocycles. The van der Waals surface area contributed by atoms with Gasteiger partial charge in [-0.3, -0.25) is 0 Å². The third kappa shape index (κ3) is 1.83. The van der Waals surface area contributed by atoms with E-state index < -0.39 is 0 Å². The molecule has 20 heavy (non-hydrogen) atoms. The molecule has 106 valence electrons. The Balaban J connectivity index is 1.69. The molecule has 2 aliphatic heterocycles. The van der Waals surface area contributed by atoms with E-state index >= 15 is 0 Å². The second-order valence-corrected chi connectivity index (χ2v) is 6.40. The summed E-state index contributed by atoms with van der Waals surface area (Å²) in [5.41, 5.74) is 1.16. The van der Waals surface area contributed by atoms with Gasteiger partial charge in [0.15, 0.2) is 0 Å². The fourth-order valence-electron chi connectivity index (χ4n) is 4.50. The van der Waals surface area contributed by atoms with Crippen LogP contribution in [0.15, 0.2) is 30.3 Å². The van der Waals surface area contributed by atoms with E-state index in [1.807, 2.05) is 23.1 Å². The van der Waals surface area contributed by atoms with Crippen molar-refractivity contribution in [1.29, 1.82) is 0 Å². The maximum Gasteiger partial charge on any atom is 0.410 e. The summed E-state index contributed by atoms with van der Waals surface area (Å²) in [6, 6.07) is 10.7. The number of cyclic esters (lactones) is 1. The Labute approximate surface area is 119 Å². The highest BCUT2D eigenvalue weighted by Crippen LogP contribution is 2.49. The lowest BCUT2D eigenvalue weighted by Crippen LogP contribution is -2.51. The van der Waals surface area contributed by atoms with E-state index in [0.29, 0.717) is 17.9 Å². The second-order valence-electron chi connectivity index (χ2n) is 6.40. The molecule has 1 amide bonds. The van der Waals surface area contributed by atoms with E-state index in [1.54, 1.807) is 0 Å². The van der Waals surface area contributed by atoms with Crippen LogP contribution < -0.4 is 0 Å². The van der Waals surface area contributed by atoms with Gasteiger partial charge in [0.25, 0.3) is 0 Å². The summed E-state index contributed by atoms with van der Waals surface area (Å²) < 4.78 is 5.81. The van der Waals surface area contributed by atoms with Crippen LogP contribution in [0.3, 0.4) is 0 Å². The molecule has 1 aromatic carbocycles. The van der Waals surface area contributed by atoms with E-state index in [2.05, 4.69) is 12.1 Å². The van der Waals surface area contributed by atoms with Crippen molar-refractivity contribution in [2.24, 2.45) is 11.8 Å². The maximum absolute atomic E-state index is 12.4. The Kier molecular flexibility index (Phi) is 2.94. The number of ether oxygens (including phenoxy) is 1. The molecule has 3 fully saturated rings. The summed E-state index contributed by atoms with van der Waals surface area (Å²) in [5, 5.41) is 0. The molecule has 0 bridgehead atoms. The minimum atomic E-state index is -0.0890. The van der Waals surface area contributed by atoms with Crippen LogP contribution in [-0.2, 0) is 4.74 Å². The van der Waals surface area contributed by atoms with Gasteiger partial charge in [0.1, 0.15) is 6.10 Å². The van der Waals surface area contributed by atoms with Crippen molar-refractivity contribution in [3.8, 4) is 0 Å². The molecular weight excluding hydrogens is 250 g/mol. The van der Waals surface area contributed by atoms with E-state index in [1.165, 1.54) is 25.7 Å². The molecule has 4 atom stereocenters. The molecule has 0 spiro atoms. The van der Waals surface area contributed by atoms with Crippen LogP contribution in [0.4, 0.5) is 4.79 Å². The van der Waals surface area contributed by atoms with Crippen molar-refractivity contribution in [1.82, 2.24) is 4.90 Å². The molecule has 4 unspecified atom stereocenters. The summed E-state index contributed by atoms with van der Waals surface area (Å²) in [7, 11) is 0. The maximum atomic E-state index is 12.4. The van der Waals surface area contributed by atoms with Crippen molar-refractivity contribution in [2.45, 2.75) is 44.2 Å². The van der Waals surface area contributed by atoms with E-state index in [9.17, 15) is 4.79 Å². The monoisotopic (exact) mass is 271 g/mol. The third-order valence-corrected chi connectivity index (χ3v) is 5.36. The van der Waals surface area contributed by atoms with Gasteiger partial charge >= 0.3 is 6.09 Å². The highest BCUT2D eigenvalue weighted by molar-refractivity contribution is 5.70. The average Bonchev–Trinajstić information content (AvgIpc) is 2.77. The summed E-state index contributed by atoms with van der Waals surface area (Å²) >= 11 is 0. The summed E-state index contributed by atoms with van der Waals surface area (Å²) in [4.78, 5) is 14.4. The smallest absolute Gasteiger partial charge is 0.410 e. The molecule has 3 heteroatoms. The third-order valence-electron chi connectivity index (χ3n) is 5.36. The predicted molar refractivity (Wildman–Crippen MR) is 76.2 cm³/mol. The molecule has 2 saturated heterocycles. The van der Waals surface area contributed by atoms with Crippen LogP contribution in [0.5, 0.6) is 0 Å². The molecule has 1 aliphatic carbocycles. The number of amides is 1. The lowest BCUT2D eigenvalue weighted by atomic mass is 9.86. The highest BCUT2D eigenvalue weighted by atomic mass is 16.6. The van der Waals surface area contributed by atoms with Gasteiger partial charge in [-0.2, -0.15) is 0 Å². The van der Waals surface area contributed by atoms with Gasteiger partial charge in [0.2, 0.25) is 0 Å². The Morgan fingerprint density at radius 3 is 2.75 bits per heavy atom. The second kappa shape index (κ2) is 4.80. The SMILES string of the molecule is O=C1OC(c2ccccc2)C2CCC3CCCCN1C32. The number of benzene rings is 1. The largest absolute Gasteiger partial charge is 0.441 e. The minimum absolute atomic E-state index is 0.0342. The average molecular weight is 271 g/mol. The minimum Gasteiger partial charge on any atom is -0.441 e. The Morgan fingerprint density at radius 1 is 1.05 bits per heavy atom. The molecule has 1 saturated carbocycles. The Bertz CT molecular complexity index is 501. The van der Waals surface area contributed by atoms with Crippen molar-refractivity contribution in [2.75, 3.05) is 6.54 Å². The summed E-state index contributed by atoms with van der Waals surface area (Å²) in [6.45, 7) is 0.887. The van der Waals surface area contributed by atoms with Crippen LogP contribution in [-0.4, -0.2) is 23.6 Å². The highest BCUT2D eigenvalue weighted by Gasteiger charge is 2.51. The fraction of sp³-hybridized carbons (Fsp3) is 0.588. The van der Waals surface area contributed by atoms with Gasteiger partial charge in [-0.15, -0.1) is 0 Å². The topological polar surface area (TPSA) is 29.5 Å². The first kappa shape index (κ1) is 12.2. The zero-order valence-corrected chi connectivity index (χ0v) is 11.7. The van der Waals surface area contributed by atoms with Crippen LogP contribution in [0, 0.1) is 11.8 Å². The first-order chi connectivity index (χ1) is 9.84. The van der Waals surface area contributed by atoms with Gasteiger partial charge in [0.05, 0.1) is 0 Å². The van der Waals surface area contributed by atoms with Crippen molar-refractivity contribution in [3.05, 3.63) is 35.9 Å². The van der Waals surface area contributed by atoms with Crippen LogP contribution in [0.2, 0.25) is 0 Å². The van der Waals surface area contributed by atoms with E-state index in [4.69, 9.17) is 4.74 Å². The lowest BCUT2D eigenvalue weighted by Gasteiger charge is -2.42. The number of carbonyl (C=O) groups excluding carboxylic acids is 1. The summed E-state index contributed by atoms with van der Waals surface area (Å²) in [5.74, 6) is 1.18. The van der Waals surface area contributed by atoms with Crippen molar-refractivity contribution in [3.63, 3.8) is 0 Å². The quantitative estimate of drug-likeness (QED) is 0.778. The normalized spacial score (nSPS) is 36.2. The molecule has 0 N–H and O–H groups in total. The number of carbonyl (C=O) groups is 1. The Hall–Kier alpha value is -1.51. The number of nitrogens with zero attached hydrogens (tertiary/aromatic N) is 1. The van der Waals surface area contributed by atoms with E-state index in [0.717, 1.165) is 18.5 Å². The molecule has 3 nitrogen and oxygen atoms in total. The molecule has 0 radical (unpaired) electrons. The van der Waals surface area contributed by atoms with Gasteiger partial charge in [-0.25, -0.2) is 4.79 Å². The first-order valence-corrected chi connectivity index (χ1v) is 7.87. The van der Waals surface area contributed by atoms with Crippen LogP contribution in [0.25, 0.3) is 0 Å². The number of hydrogen-bond donors (Lipinski definition) is 0. The van der Waals surface area contributed by atoms with Crippen LogP contribution >= 0.6 is 0 Å². The lowest BCUT2D eigenvalue weighted by molar-refractivity contribution is -0.0401. The van der Waals surface area contributed by atoms with E-state index in [-0.39, 0.29) is 12.2 Å². The first-order valence-electron chi connectivity index (χ1n) is 7.87. The number of hydrogen-bond acceptors (Lipinski definition) is 2. The Morgan fingerprint density at radius 2 is 1.90 bits per heavy atom. The van der Waals surface area contributed by atoms with Gasteiger partial charge in [-0.1, -0.05) is 36.8 Å². The van der Waals surface area contributed by atoms with Gasteiger partial charge in [-0.05, 0) is 37.2 Å². The zero-order valence-electron chi connectivity index (χ0n) is 11.7. The molecule has 4 rings (SSSR count). The zero-order chi connectivity index (χ0) is 13.5. The van der Waals surface area contributed by atoms with Gasteiger partial charge in [0, 0.05) is 18.5 Å². The van der Waals surface area contributed by atoms with Crippen LogP contribution in [0.1, 0.15) is 43.8 Å². The molecule has 2 heterocycles. The van der Waals surface area contributed by atoms with Gasteiger partial charge < -0.3 is 9.64 Å². The molecule has 3 aliphatic rings. The van der Waals surface area contributed by atoms with Crippen molar-refractivity contribution < 1.29 is 9.53 Å².